The molecule has 4 rings (SSSR count). The lowest BCUT2D eigenvalue weighted by Crippen LogP contribution is -2.07. The van der Waals surface area contributed by atoms with Gasteiger partial charge in [0.25, 0.3) is 0 Å². The van der Waals surface area contributed by atoms with Gasteiger partial charge in [0.2, 0.25) is 11.7 Å². The molecule has 0 saturated heterocycles. The molecule has 160 valence electrons. The Morgan fingerprint density at radius 3 is 2.40 bits per heavy atom. The zero-order valence-electron chi connectivity index (χ0n) is 16.0. The average Bonchev–Trinajstić information content (AvgIpc) is 3.01. The van der Waals surface area contributed by atoms with Crippen LogP contribution < -0.4 is 5.14 Å². The van der Waals surface area contributed by atoms with Crippen molar-refractivity contribution in [3.8, 4) is 11.4 Å². The number of aromatic nitrogens is 3. The van der Waals surface area contributed by atoms with E-state index in [0.717, 1.165) is 24.0 Å². The topological polar surface area (TPSA) is 118 Å². The molecule has 0 radical (unpaired) electrons. The Morgan fingerprint density at radius 1 is 1.17 bits per heavy atom. The van der Waals surface area contributed by atoms with Gasteiger partial charge in [0, 0.05) is 29.6 Å². The Morgan fingerprint density at radius 2 is 1.80 bits per heavy atom. The minimum atomic E-state index is -4.51. The average molecular weight is 439 g/mol. The predicted molar refractivity (Wildman–Crippen MR) is 101 cm³/mol. The summed E-state index contributed by atoms with van der Waals surface area (Å²) in [6.07, 6.45) is -2.29. The first-order valence-corrected chi connectivity index (χ1v) is 9.91. The van der Waals surface area contributed by atoms with Gasteiger partial charge < -0.3 is 9.08 Å². The maximum absolute atomic E-state index is 13.2. The summed E-state index contributed by atoms with van der Waals surface area (Å²) in [6, 6.07) is 10.9. The molecule has 30 heavy (non-hydrogen) atoms. The highest BCUT2D eigenvalue weighted by Crippen LogP contribution is 2.69. The van der Waals surface area contributed by atoms with Crippen LogP contribution in [0.2, 0.25) is 0 Å². The standard InChI is InChI=1S/C19H16F3N3O.H3NO2S/c1-18(2)14(11-6-4-3-5-7-11)15(18)17-24-16(25-26-17)12-10-23-9-8-13(12)19(20,21)22;1-4(2)3/h3-10,14-15H,1-2H3;1H2,(H,2,3)/p-1/t14-,15+;/m0./s1. The van der Waals surface area contributed by atoms with E-state index in [2.05, 4.69) is 34.1 Å². The van der Waals surface area contributed by atoms with Crippen molar-refractivity contribution >= 4 is 11.3 Å². The van der Waals surface area contributed by atoms with Gasteiger partial charge in [-0.1, -0.05) is 49.3 Å². The second kappa shape index (κ2) is 8.25. The summed E-state index contributed by atoms with van der Waals surface area (Å²) in [5.74, 6) is 0.427. The van der Waals surface area contributed by atoms with Crippen LogP contribution in [-0.4, -0.2) is 23.9 Å². The number of alkyl halides is 3. The summed E-state index contributed by atoms with van der Waals surface area (Å²) >= 11 is -2.36. The third kappa shape index (κ3) is 4.58. The number of pyridine rings is 1. The van der Waals surface area contributed by atoms with Crippen molar-refractivity contribution in [1.29, 1.82) is 0 Å². The van der Waals surface area contributed by atoms with Crippen molar-refractivity contribution in [3.63, 3.8) is 0 Å². The molecule has 0 aliphatic heterocycles. The molecule has 1 aromatic carbocycles. The molecule has 1 aliphatic rings. The Bertz CT molecular complexity index is 1040. The molecule has 11 heteroatoms. The normalized spacial score (nSPS) is 20.8. The molecule has 0 spiro atoms. The summed E-state index contributed by atoms with van der Waals surface area (Å²) in [4.78, 5) is 8.04. The van der Waals surface area contributed by atoms with Crippen molar-refractivity contribution in [2.24, 2.45) is 10.6 Å². The second-order valence-corrected chi connectivity index (χ2v) is 7.84. The van der Waals surface area contributed by atoms with Gasteiger partial charge in [-0.3, -0.25) is 14.3 Å². The second-order valence-electron chi connectivity index (χ2n) is 7.32. The van der Waals surface area contributed by atoms with Crippen molar-refractivity contribution in [1.82, 2.24) is 15.1 Å². The molecule has 2 N–H and O–H groups in total. The number of hydrogen-bond donors (Lipinski definition) is 1. The molecule has 3 aromatic rings. The van der Waals surface area contributed by atoms with Crippen molar-refractivity contribution < 1.29 is 26.5 Å². The van der Waals surface area contributed by atoms with Gasteiger partial charge >= 0.3 is 6.18 Å². The molecule has 1 fully saturated rings. The fraction of sp³-hybridized carbons (Fsp3) is 0.316. The van der Waals surface area contributed by atoms with Crippen LogP contribution in [-0.2, 0) is 17.4 Å². The first-order chi connectivity index (χ1) is 14.0. The Labute approximate surface area is 172 Å². The summed E-state index contributed by atoms with van der Waals surface area (Å²) in [7, 11) is 0. The number of halogens is 3. The van der Waals surface area contributed by atoms with E-state index in [4.69, 9.17) is 13.3 Å². The Kier molecular flexibility index (Phi) is 6.06. The Balaban J connectivity index is 0.000000589. The van der Waals surface area contributed by atoms with Crippen LogP contribution in [0, 0.1) is 5.41 Å². The van der Waals surface area contributed by atoms with Crippen LogP contribution in [0.3, 0.4) is 0 Å². The first kappa shape index (κ1) is 22.1. The van der Waals surface area contributed by atoms with Gasteiger partial charge in [0.05, 0.1) is 17.0 Å². The maximum atomic E-state index is 13.2. The summed E-state index contributed by atoms with van der Waals surface area (Å²) < 4.78 is 62.5. The molecule has 1 saturated carbocycles. The number of rotatable bonds is 3. The van der Waals surface area contributed by atoms with Crippen LogP contribution in [0.1, 0.15) is 42.7 Å². The van der Waals surface area contributed by atoms with Gasteiger partial charge in [-0.2, -0.15) is 18.2 Å². The fourth-order valence-electron chi connectivity index (χ4n) is 3.67. The molecule has 3 atom stereocenters. The van der Waals surface area contributed by atoms with Crippen molar-refractivity contribution in [2.45, 2.75) is 31.9 Å². The van der Waals surface area contributed by atoms with E-state index in [9.17, 15) is 13.2 Å². The monoisotopic (exact) mass is 439 g/mol. The van der Waals surface area contributed by atoms with Gasteiger partial charge in [-0.25, -0.2) is 0 Å². The van der Waals surface area contributed by atoms with Gasteiger partial charge in [-0.15, -0.1) is 0 Å². The molecule has 0 bridgehead atoms. The summed E-state index contributed by atoms with van der Waals surface area (Å²) in [5, 5.41) is 7.82. The van der Waals surface area contributed by atoms with Crippen LogP contribution in [0.15, 0.2) is 53.3 Å². The minimum Gasteiger partial charge on any atom is -0.760 e. The van der Waals surface area contributed by atoms with E-state index < -0.39 is 23.0 Å². The molecule has 0 amide bonds. The van der Waals surface area contributed by atoms with E-state index in [-0.39, 0.29) is 28.6 Å². The van der Waals surface area contributed by atoms with E-state index in [1.807, 2.05) is 30.3 Å². The van der Waals surface area contributed by atoms with Gasteiger partial charge in [-0.05, 0) is 17.0 Å². The highest BCUT2D eigenvalue weighted by molar-refractivity contribution is 7.76. The maximum Gasteiger partial charge on any atom is 0.417 e. The third-order valence-electron chi connectivity index (χ3n) is 5.06. The lowest BCUT2D eigenvalue weighted by molar-refractivity contribution is -0.137. The van der Waals surface area contributed by atoms with E-state index in [0.29, 0.717) is 5.89 Å². The number of hydrogen-bond acceptors (Lipinski definition) is 6. The van der Waals surface area contributed by atoms with Crippen LogP contribution in [0.5, 0.6) is 0 Å². The van der Waals surface area contributed by atoms with Crippen molar-refractivity contribution in [3.05, 3.63) is 65.8 Å². The van der Waals surface area contributed by atoms with Crippen LogP contribution in [0.25, 0.3) is 11.4 Å². The number of nitrogens with two attached hydrogens (primary N) is 1. The first-order valence-electron chi connectivity index (χ1n) is 8.77. The number of benzene rings is 1. The molecular formula is C19H18F3N4O3S-. The molecular weight excluding hydrogens is 421 g/mol. The SMILES string of the molecule is CC1(C)[C@@H](c2ccccc2)[C@@H]1c1nc(-c2cnccc2C(F)(F)F)no1.NS(=O)[O-]. The number of nitrogens with zero attached hydrogens (tertiary/aromatic N) is 3. The predicted octanol–water partition coefficient (Wildman–Crippen LogP) is 3.80. The summed E-state index contributed by atoms with van der Waals surface area (Å²) in [5.41, 5.74) is 0.0475. The van der Waals surface area contributed by atoms with Gasteiger partial charge in [0.1, 0.15) is 0 Å². The zero-order chi connectivity index (χ0) is 22.1. The zero-order valence-corrected chi connectivity index (χ0v) is 16.8. The largest absolute Gasteiger partial charge is 0.760 e. The fourth-order valence-corrected chi connectivity index (χ4v) is 3.67. The summed E-state index contributed by atoms with van der Waals surface area (Å²) in [6.45, 7) is 4.18. The van der Waals surface area contributed by atoms with Crippen molar-refractivity contribution in [2.75, 3.05) is 0 Å². The van der Waals surface area contributed by atoms with Crippen LogP contribution >= 0.6 is 0 Å². The quantitative estimate of drug-likeness (QED) is 0.620. The lowest BCUT2D eigenvalue weighted by Gasteiger charge is -2.08. The van der Waals surface area contributed by atoms with Crippen LogP contribution in [0.4, 0.5) is 13.2 Å². The minimum absolute atomic E-state index is 0.0304. The molecule has 2 aromatic heterocycles. The van der Waals surface area contributed by atoms with E-state index >= 15 is 0 Å². The lowest BCUT2D eigenvalue weighted by atomic mass is 10.0. The van der Waals surface area contributed by atoms with E-state index in [1.165, 1.54) is 0 Å². The molecule has 7 nitrogen and oxygen atoms in total. The molecule has 2 heterocycles. The van der Waals surface area contributed by atoms with Gasteiger partial charge in [0.15, 0.2) is 0 Å². The molecule has 1 aliphatic carbocycles. The highest BCUT2D eigenvalue weighted by atomic mass is 32.2. The molecule has 1 unspecified atom stereocenters. The highest BCUT2D eigenvalue weighted by Gasteiger charge is 2.62. The third-order valence-corrected chi connectivity index (χ3v) is 5.06. The van der Waals surface area contributed by atoms with E-state index in [1.54, 1.807) is 0 Å². The smallest absolute Gasteiger partial charge is 0.417 e. The Hall–Kier alpha value is -2.63.